The summed E-state index contributed by atoms with van der Waals surface area (Å²) < 4.78 is 10.3. The first kappa shape index (κ1) is 17.7. The molecule has 0 aliphatic heterocycles. The summed E-state index contributed by atoms with van der Waals surface area (Å²) in [6.45, 7) is 3.92. The predicted octanol–water partition coefficient (Wildman–Crippen LogP) is 3.33. The number of methoxy groups -OCH3 is 1. The third kappa shape index (κ3) is 4.93. The highest BCUT2D eigenvalue weighted by molar-refractivity contribution is 5.97. The number of ether oxygens (including phenoxy) is 2. The van der Waals surface area contributed by atoms with Crippen molar-refractivity contribution in [1.82, 2.24) is 0 Å². The van der Waals surface area contributed by atoms with E-state index in [2.05, 4.69) is 5.32 Å². The Kier molecular flexibility index (Phi) is 6.09. The summed E-state index contributed by atoms with van der Waals surface area (Å²) in [5.41, 5.74) is 3.02. The molecule has 5 nitrogen and oxygen atoms in total. The second kappa shape index (κ2) is 8.26. The van der Waals surface area contributed by atoms with Gasteiger partial charge in [0.15, 0.2) is 6.10 Å². The van der Waals surface area contributed by atoms with E-state index in [-0.39, 0.29) is 5.91 Å². The van der Waals surface area contributed by atoms with E-state index in [9.17, 15) is 9.59 Å². The highest BCUT2D eigenvalue weighted by Gasteiger charge is 2.19. The molecule has 0 bridgehead atoms. The number of hydrogen-bond acceptors (Lipinski definition) is 4. The lowest BCUT2D eigenvalue weighted by Crippen LogP contribution is -2.30. The van der Waals surface area contributed by atoms with Gasteiger partial charge in [0.1, 0.15) is 0 Å². The minimum atomic E-state index is -0.898. The normalized spacial score (nSPS) is 11.6. The largest absolute Gasteiger partial charge is 0.449 e. The number of aryl methyl sites for hydroxylation is 1. The predicted molar refractivity (Wildman–Crippen MR) is 91.8 cm³/mol. The Labute approximate surface area is 141 Å². The minimum absolute atomic E-state index is 0.375. The van der Waals surface area contributed by atoms with Crippen LogP contribution in [-0.4, -0.2) is 25.1 Å². The average Bonchev–Trinajstić information content (AvgIpc) is 2.57. The summed E-state index contributed by atoms with van der Waals surface area (Å²) in [5.74, 6) is -0.917. The Bertz CT molecular complexity index is 710. The van der Waals surface area contributed by atoms with E-state index in [1.54, 1.807) is 44.4 Å². The molecule has 0 aliphatic carbocycles. The number of rotatable bonds is 6. The Morgan fingerprint density at radius 3 is 2.50 bits per heavy atom. The number of carbonyl (C=O) groups is 2. The van der Waals surface area contributed by atoms with Crippen LogP contribution < -0.4 is 5.32 Å². The van der Waals surface area contributed by atoms with Crippen LogP contribution in [0.3, 0.4) is 0 Å². The highest BCUT2D eigenvalue weighted by atomic mass is 16.5. The van der Waals surface area contributed by atoms with Crippen LogP contribution in [-0.2, 0) is 20.9 Å². The van der Waals surface area contributed by atoms with Crippen molar-refractivity contribution in [2.45, 2.75) is 26.6 Å². The highest BCUT2D eigenvalue weighted by Crippen LogP contribution is 2.12. The molecular weight excluding hydrogens is 306 g/mol. The Morgan fingerprint density at radius 1 is 1.12 bits per heavy atom. The number of amides is 1. The van der Waals surface area contributed by atoms with Gasteiger partial charge in [-0.25, -0.2) is 4.79 Å². The van der Waals surface area contributed by atoms with Crippen molar-refractivity contribution in [2.24, 2.45) is 0 Å². The summed E-state index contributed by atoms with van der Waals surface area (Å²) in [5, 5.41) is 2.72. The van der Waals surface area contributed by atoms with Gasteiger partial charge in [-0.1, -0.05) is 29.8 Å². The van der Waals surface area contributed by atoms with Gasteiger partial charge >= 0.3 is 5.97 Å². The SMILES string of the molecule is COCc1cccc(C(=O)O[C@@H](C)C(=O)Nc2ccc(C)cc2)c1. The summed E-state index contributed by atoms with van der Waals surface area (Å²) in [4.78, 5) is 24.3. The maximum atomic E-state index is 12.2. The molecule has 126 valence electrons. The fourth-order valence-electron chi connectivity index (χ4n) is 2.12. The van der Waals surface area contributed by atoms with Gasteiger partial charge < -0.3 is 14.8 Å². The van der Waals surface area contributed by atoms with Crippen molar-refractivity contribution in [1.29, 1.82) is 0 Å². The molecule has 1 atom stereocenters. The van der Waals surface area contributed by atoms with E-state index < -0.39 is 12.1 Å². The van der Waals surface area contributed by atoms with Crippen LogP contribution in [0, 0.1) is 6.92 Å². The average molecular weight is 327 g/mol. The van der Waals surface area contributed by atoms with Gasteiger partial charge in [0.2, 0.25) is 0 Å². The third-order valence-electron chi connectivity index (χ3n) is 3.45. The number of anilines is 1. The van der Waals surface area contributed by atoms with Crippen LogP contribution in [0.25, 0.3) is 0 Å². The molecule has 0 saturated carbocycles. The smallest absolute Gasteiger partial charge is 0.338 e. The maximum absolute atomic E-state index is 12.2. The number of hydrogen-bond donors (Lipinski definition) is 1. The molecule has 0 unspecified atom stereocenters. The van der Waals surface area contributed by atoms with E-state index >= 15 is 0 Å². The molecule has 0 fully saturated rings. The van der Waals surface area contributed by atoms with Crippen LogP contribution >= 0.6 is 0 Å². The van der Waals surface area contributed by atoms with Crippen LogP contribution in [0.4, 0.5) is 5.69 Å². The molecule has 0 heterocycles. The minimum Gasteiger partial charge on any atom is -0.449 e. The van der Waals surface area contributed by atoms with Gasteiger partial charge in [0.05, 0.1) is 12.2 Å². The van der Waals surface area contributed by atoms with Crippen molar-refractivity contribution in [2.75, 3.05) is 12.4 Å². The second-order valence-electron chi connectivity index (χ2n) is 5.54. The van der Waals surface area contributed by atoms with Gasteiger partial charge in [-0.2, -0.15) is 0 Å². The maximum Gasteiger partial charge on any atom is 0.338 e. The van der Waals surface area contributed by atoms with Gasteiger partial charge in [-0.3, -0.25) is 4.79 Å². The lowest BCUT2D eigenvalue weighted by atomic mass is 10.1. The monoisotopic (exact) mass is 327 g/mol. The lowest BCUT2D eigenvalue weighted by molar-refractivity contribution is -0.123. The molecule has 5 heteroatoms. The number of nitrogens with one attached hydrogen (secondary N) is 1. The Balaban J connectivity index is 1.96. The number of esters is 1. The van der Waals surface area contributed by atoms with Crippen LogP contribution in [0.15, 0.2) is 48.5 Å². The molecule has 24 heavy (non-hydrogen) atoms. The first-order valence-corrected chi connectivity index (χ1v) is 7.66. The van der Waals surface area contributed by atoms with Crippen molar-refractivity contribution in [3.8, 4) is 0 Å². The van der Waals surface area contributed by atoms with Gasteiger partial charge in [0, 0.05) is 12.8 Å². The zero-order chi connectivity index (χ0) is 17.5. The molecule has 0 saturated heterocycles. The summed E-state index contributed by atoms with van der Waals surface area (Å²) in [7, 11) is 1.59. The van der Waals surface area contributed by atoms with Crippen molar-refractivity contribution >= 4 is 17.6 Å². The van der Waals surface area contributed by atoms with Crippen LogP contribution in [0.2, 0.25) is 0 Å². The molecule has 2 rings (SSSR count). The molecule has 0 radical (unpaired) electrons. The molecule has 1 amide bonds. The van der Waals surface area contributed by atoms with Crippen LogP contribution in [0.1, 0.15) is 28.4 Å². The summed E-state index contributed by atoms with van der Waals surface area (Å²) in [6, 6.07) is 14.3. The number of benzene rings is 2. The molecule has 0 aliphatic rings. The van der Waals surface area contributed by atoms with Crippen molar-refractivity contribution < 1.29 is 19.1 Å². The van der Waals surface area contributed by atoms with E-state index in [0.717, 1.165) is 11.1 Å². The van der Waals surface area contributed by atoms with Crippen molar-refractivity contribution in [3.63, 3.8) is 0 Å². The fraction of sp³-hybridized carbons (Fsp3) is 0.263. The molecular formula is C19H21NO4. The molecule has 2 aromatic rings. The second-order valence-corrected chi connectivity index (χ2v) is 5.54. The first-order valence-electron chi connectivity index (χ1n) is 7.66. The van der Waals surface area contributed by atoms with E-state index in [0.29, 0.717) is 17.9 Å². The number of carbonyl (C=O) groups excluding carboxylic acids is 2. The Hall–Kier alpha value is -2.66. The van der Waals surface area contributed by atoms with Gasteiger partial charge in [-0.05, 0) is 43.7 Å². The quantitative estimate of drug-likeness (QED) is 0.827. The fourth-order valence-corrected chi connectivity index (χ4v) is 2.12. The lowest BCUT2D eigenvalue weighted by Gasteiger charge is -2.14. The van der Waals surface area contributed by atoms with Crippen molar-refractivity contribution in [3.05, 3.63) is 65.2 Å². The third-order valence-corrected chi connectivity index (χ3v) is 3.45. The van der Waals surface area contributed by atoms with E-state index in [4.69, 9.17) is 9.47 Å². The zero-order valence-electron chi connectivity index (χ0n) is 14.0. The standard InChI is InChI=1S/C19H21NO4/c1-13-7-9-17(10-8-13)20-18(21)14(2)24-19(22)16-6-4-5-15(11-16)12-23-3/h4-11,14H,12H2,1-3H3,(H,20,21)/t14-/m0/s1. The van der Waals surface area contributed by atoms with E-state index in [1.165, 1.54) is 0 Å². The van der Waals surface area contributed by atoms with E-state index in [1.807, 2.05) is 25.1 Å². The summed E-state index contributed by atoms with van der Waals surface area (Å²) >= 11 is 0. The van der Waals surface area contributed by atoms with Gasteiger partial charge in [-0.15, -0.1) is 0 Å². The first-order chi connectivity index (χ1) is 11.5. The van der Waals surface area contributed by atoms with Crippen LogP contribution in [0.5, 0.6) is 0 Å². The molecule has 0 aromatic heterocycles. The van der Waals surface area contributed by atoms with Gasteiger partial charge in [0.25, 0.3) is 5.91 Å². The topological polar surface area (TPSA) is 64.6 Å². The molecule has 0 spiro atoms. The molecule has 1 N–H and O–H groups in total. The Morgan fingerprint density at radius 2 is 1.83 bits per heavy atom. The molecule has 2 aromatic carbocycles. The zero-order valence-corrected chi connectivity index (χ0v) is 14.0. The summed E-state index contributed by atoms with van der Waals surface area (Å²) in [6.07, 6.45) is -0.898.